The Labute approximate surface area is 101 Å². The number of anilines is 1. The maximum absolute atomic E-state index is 13.3. The summed E-state index contributed by atoms with van der Waals surface area (Å²) >= 11 is 3.39. The van der Waals surface area contributed by atoms with Crippen LogP contribution in [0.3, 0.4) is 0 Å². The molecule has 82 valence electrons. The van der Waals surface area contributed by atoms with E-state index in [2.05, 4.69) is 25.9 Å². The zero-order valence-electron chi connectivity index (χ0n) is 8.54. The number of benzene rings is 1. The van der Waals surface area contributed by atoms with Gasteiger partial charge < -0.3 is 5.73 Å². The molecule has 0 bridgehead atoms. The molecule has 5 heteroatoms. The smallest absolute Gasteiger partial charge is 0.186 e. The number of rotatable bonds is 1. The second-order valence-electron chi connectivity index (χ2n) is 3.31. The third-order valence-electron chi connectivity index (χ3n) is 2.16. The van der Waals surface area contributed by atoms with E-state index in [0.717, 1.165) is 10.0 Å². The Morgan fingerprint density at radius 2 is 1.94 bits per heavy atom. The van der Waals surface area contributed by atoms with E-state index in [1.807, 2.05) is 24.3 Å². The minimum absolute atomic E-state index is 0.127. The van der Waals surface area contributed by atoms with Gasteiger partial charge in [-0.1, -0.05) is 34.1 Å². The van der Waals surface area contributed by atoms with E-state index in [9.17, 15) is 4.39 Å². The van der Waals surface area contributed by atoms with Gasteiger partial charge in [0.05, 0.1) is 5.69 Å². The first-order valence-electron chi connectivity index (χ1n) is 4.64. The lowest BCUT2D eigenvalue weighted by Crippen LogP contribution is -2.03. The van der Waals surface area contributed by atoms with Crippen molar-refractivity contribution in [3.63, 3.8) is 0 Å². The largest absolute Gasteiger partial charge is 0.381 e. The van der Waals surface area contributed by atoms with Gasteiger partial charge >= 0.3 is 0 Å². The fourth-order valence-electron chi connectivity index (χ4n) is 1.34. The molecule has 0 unspecified atom stereocenters. The Balaban J connectivity index is 2.62. The quantitative estimate of drug-likeness (QED) is 0.874. The highest BCUT2D eigenvalue weighted by Crippen LogP contribution is 2.26. The average molecular weight is 282 g/mol. The van der Waals surface area contributed by atoms with Crippen LogP contribution < -0.4 is 5.73 Å². The molecule has 0 aliphatic rings. The molecule has 0 aliphatic carbocycles. The standard InChI is InChI=1S/C11H9BrFN3/c1-6-9(13)10(14)16-11(15-6)7-4-2-3-5-8(7)12/h2-5H,1H3,(H2,14,15,16). The molecule has 0 atom stereocenters. The summed E-state index contributed by atoms with van der Waals surface area (Å²) in [6, 6.07) is 7.45. The highest BCUT2D eigenvalue weighted by atomic mass is 79.9. The maximum atomic E-state index is 13.3. The van der Waals surface area contributed by atoms with Crippen molar-refractivity contribution in [3.05, 3.63) is 40.2 Å². The van der Waals surface area contributed by atoms with Crippen LogP contribution >= 0.6 is 15.9 Å². The van der Waals surface area contributed by atoms with Crippen molar-refractivity contribution < 1.29 is 4.39 Å². The van der Waals surface area contributed by atoms with Crippen LogP contribution in [-0.4, -0.2) is 9.97 Å². The summed E-state index contributed by atoms with van der Waals surface area (Å²) in [5.74, 6) is -0.266. The maximum Gasteiger partial charge on any atom is 0.186 e. The first-order valence-corrected chi connectivity index (χ1v) is 5.43. The summed E-state index contributed by atoms with van der Waals surface area (Å²) in [5.41, 5.74) is 6.51. The van der Waals surface area contributed by atoms with Gasteiger partial charge in [0.1, 0.15) is 0 Å². The zero-order valence-corrected chi connectivity index (χ0v) is 10.1. The molecule has 1 aromatic carbocycles. The summed E-state index contributed by atoms with van der Waals surface area (Å²) in [6.45, 7) is 1.56. The molecule has 0 aliphatic heterocycles. The van der Waals surface area contributed by atoms with Gasteiger partial charge in [0.15, 0.2) is 17.5 Å². The molecular formula is C11H9BrFN3. The van der Waals surface area contributed by atoms with Crippen molar-refractivity contribution in [3.8, 4) is 11.4 Å². The van der Waals surface area contributed by atoms with Gasteiger partial charge in [-0.05, 0) is 13.0 Å². The molecule has 16 heavy (non-hydrogen) atoms. The van der Waals surface area contributed by atoms with Gasteiger partial charge in [0.25, 0.3) is 0 Å². The number of nitrogens with two attached hydrogens (primary N) is 1. The van der Waals surface area contributed by atoms with E-state index in [1.54, 1.807) is 6.92 Å². The van der Waals surface area contributed by atoms with Crippen molar-refractivity contribution in [2.24, 2.45) is 0 Å². The van der Waals surface area contributed by atoms with Crippen LogP contribution in [0.1, 0.15) is 5.69 Å². The monoisotopic (exact) mass is 281 g/mol. The van der Waals surface area contributed by atoms with Crippen LogP contribution in [0, 0.1) is 12.7 Å². The number of hydrogen-bond donors (Lipinski definition) is 1. The van der Waals surface area contributed by atoms with E-state index in [0.29, 0.717) is 5.82 Å². The summed E-state index contributed by atoms with van der Waals surface area (Å²) in [7, 11) is 0. The number of hydrogen-bond acceptors (Lipinski definition) is 3. The van der Waals surface area contributed by atoms with Gasteiger partial charge in [-0.2, -0.15) is 0 Å². The Morgan fingerprint density at radius 1 is 1.25 bits per heavy atom. The lowest BCUT2D eigenvalue weighted by atomic mass is 10.2. The van der Waals surface area contributed by atoms with Crippen molar-refractivity contribution in [2.45, 2.75) is 6.92 Å². The van der Waals surface area contributed by atoms with Crippen LogP contribution in [0.15, 0.2) is 28.7 Å². The Morgan fingerprint density at radius 3 is 2.56 bits per heavy atom. The van der Waals surface area contributed by atoms with Crippen molar-refractivity contribution in [2.75, 3.05) is 5.73 Å². The number of aromatic nitrogens is 2. The molecule has 1 heterocycles. The van der Waals surface area contributed by atoms with Gasteiger partial charge in [-0.15, -0.1) is 0 Å². The molecule has 3 nitrogen and oxygen atoms in total. The molecule has 0 saturated carbocycles. The summed E-state index contributed by atoms with van der Waals surface area (Å²) in [4.78, 5) is 7.99. The van der Waals surface area contributed by atoms with E-state index in [1.165, 1.54) is 0 Å². The van der Waals surface area contributed by atoms with Crippen molar-refractivity contribution in [1.82, 2.24) is 9.97 Å². The highest BCUT2D eigenvalue weighted by molar-refractivity contribution is 9.10. The molecule has 2 N–H and O–H groups in total. The van der Waals surface area contributed by atoms with Gasteiger partial charge in [-0.25, -0.2) is 14.4 Å². The first-order chi connectivity index (χ1) is 7.59. The molecule has 0 amide bonds. The molecule has 2 aromatic rings. The van der Waals surface area contributed by atoms with E-state index in [-0.39, 0.29) is 11.5 Å². The second kappa shape index (κ2) is 4.17. The van der Waals surface area contributed by atoms with E-state index in [4.69, 9.17) is 5.73 Å². The molecule has 1 aromatic heterocycles. The van der Waals surface area contributed by atoms with Gasteiger partial charge in [0, 0.05) is 10.0 Å². The Bertz CT molecular complexity index is 519. The summed E-state index contributed by atoms with van der Waals surface area (Å²) in [6.07, 6.45) is 0. The third kappa shape index (κ3) is 1.90. The minimum atomic E-state index is -0.559. The van der Waals surface area contributed by atoms with Crippen LogP contribution in [-0.2, 0) is 0 Å². The van der Waals surface area contributed by atoms with Crippen LogP contribution in [0.4, 0.5) is 10.2 Å². The molecule has 0 fully saturated rings. The number of nitrogen functional groups attached to an aromatic ring is 1. The van der Waals surface area contributed by atoms with Gasteiger partial charge in [-0.3, -0.25) is 0 Å². The third-order valence-corrected chi connectivity index (χ3v) is 2.85. The average Bonchev–Trinajstić information content (AvgIpc) is 2.26. The molecule has 0 radical (unpaired) electrons. The molecule has 0 spiro atoms. The fraction of sp³-hybridized carbons (Fsp3) is 0.0909. The topological polar surface area (TPSA) is 51.8 Å². The Hall–Kier alpha value is -1.49. The lowest BCUT2D eigenvalue weighted by Gasteiger charge is -2.06. The SMILES string of the molecule is Cc1nc(-c2ccccc2Br)nc(N)c1F. The minimum Gasteiger partial charge on any atom is -0.381 e. The summed E-state index contributed by atoms with van der Waals surface area (Å²) in [5, 5.41) is 0. The van der Waals surface area contributed by atoms with Crippen molar-refractivity contribution in [1.29, 1.82) is 0 Å². The van der Waals surface area contributed by atoms with Crippen LogP contribution in [0.5, 0.6) is 0 Å². The second-order valence-corrected chi connectivity index (χ2v) is 4.17. The van der Waals surface area contributed by atoms with E-state index < -0.39 is 5.82 Å². The van der Waals surface area contributed by atoms with Crippen LogP contribution in [0.25, 0.3) is 11.4 Å². The Kier molecular flexibility index (Phi) is 2.87. The lowest BCUT2D eigenvalue weighted by molar-refractivity contribution is 0.608. The van der Waals surface area contributed by atoms with E-state index >= 15 is 0 Å². The predicted octanol–water partition coefficient (Wildman–Crippen LogP) is 2.94. The number of halogens is 2. The van der Waals surface area contributed by atoms with Crippen LogP contribution in [0.2, 0.25) is 0 Å². The highest BCUT2D eigenvalue weighted by Gasteiger charge is 2.11. The number of aryl methyl sites for hydroxylation is 1. The fourth-order valence-corrected chi connectivity index (χ4v) is 1.81. The normalized spacial score (nSPS) is 10.4. The number of nitrogens with zero attached hydrogens (tertiary/aromatic N) is 2. The molecule has 2 rings (SSSR count). The zero-order chi connectivity index (χ0) is 11.7. The van der Waals surface area contributed by atoms with Crippen molar-refractivity contribution >= 4 is 21.7 Å². The molecular weight excluding hydrogens is 273 g/mol. The molecule has 0 saturated heterocycles. The summed E-state index contributed by atoms with van der Waals surface area (Å²) < 4.78 is 14.1. The predicted molar refractivity (Wildman–Crippen MR) is 64.3 cm³/mol. The first kappa shape index (κ1) is 11.0. The van der Waals surface area contributed by atoms with Gasteiger partial charge in [0.2, 0.25) is 0 Å².